The number of ether oxygens (including phenoxy) is 1. The maximum Gasteiger partial charge on any atom is 0.371 e. The third-order valence-corrected chi connectivity index (χ3v) is 2.42. The van der Waals surface area contributed by atoms with Crippen LogP contribution in [-0.4, -0.2) is 24.2 Å². The van der Waals surface area contributed by atoms with Crippen LogP contribution in [0, 0.1) is 5.82 Å². The molecular weight excluding hydrogens is 255 g/mol. The Morgan fingerprint density at radius 3 is 2.58 bits per heavy atom. The maximum absolute atomic E-state index is 13.4. The molecule has 1 N–H and O–H groups in total. The number of hydrogen-bond acceptors (Lipinski definition) is 4. The molecule has 0 aliphatic carbocycles. The molecule has 98 valence electrons. The lowest BCUT2D eigenvalue weighted by molar-refractivity contribution is 0.0598. The van der Waals surface area contributed by atoms with Gasteiger partial charge in [-0.15, -0.1) is 0 Å². The van der Waals surface area contributed by atoms with Crippen LogP contribution in [0.5, 0.6) is 0 Å². The molecule has 1 aromatic heterocycles. The number of carboxylic acids is 1. The minimum atomic E-state index is -1.23. The fourth-order valence-corrected chi connectivity index (χ4v) is 1.58. The highest BCUT2D eigenvalue weighted by molar-refractivity contribution is 5.91. The molecule has 0 spiro atoms. The van der Waals surface area contributed by atoms with E-state index in [4.69, 9.17) is 9.52 Å². The molecule has 0 saturated carbocycles. The Balaban J connectivity index is 2.46. The van der Waals surface area contributed by atoms with Gasteiger partial charge in [0.2, 0.25) is 5.76 Å². The van der Waals surface area contributed by atoms with Crippen LogP contribution in [0.4, 0.5) is 4.39 Å². The number of furan rings is 1. The Labute approximate surface area is 107 Å². The second-order valence-corrected chi connectivity index (χ2v) is 3.69. The van der Waals surface area contributed by atoms with Crippen LogP contribution in [0.15, 0.2) is 34.7 Å². The standard InChI is InChI=1S/C13H9FO5/c1-18-13(17)8-4-7(5-9(14)6-8)10-2-3-11(19-10)12(15)16/h2-6H,1H3,(H,15,16). The van der Waals surface area contributed by atoms with Gasteiger partial charge >= 0.3 is 11.9 Å². The van der Waals surface area contributed by atoms with Gasteiger partial charge in [0, 0.05) is 5.56 Å². The van der Waals surface area contributed by atoms with Crippen molar-refractivity contribution >= 4 is 11.9 Å². The van der Waals surface area contributed by atoms with Gasteiger partial charge in [-0.3, -0.25) is 0 Å². The molecule has 0 unspecified atom stereocenters. The zero-order valence-electron chi connectivity index (χ0n) is 9.84. The topological polar surface area (TPSA) is 76.7 Å². The van der Waals surface area contributed by atoms with Gasteiger partial charge in [0.15, 0.2) is 0 Å². The molecule has 0 aliphatic rings. The van der Waals surface area contributed by atoms with Gasteiger partial charge in [-0.25, -0.2) is 14.0 Å². The van der Waals surface area contributed by atoms with E-state index in [1.807, 2.05) is 0 Å². The quantitative estimate of drug-likeness (QED) is 0.862. The van der Waals surface area contributed by atoms with Crippen LogP contribution in [0.2, 0.25) is 0 Å². The maximum atomic E-state index is 13.4. The molecule has 0 radical (unpaired) electrons. The fourth-order valence-electron chi connectivity index (χ4n) is 1.58. The minimum Gasteiger partial charge on any atom is -0.475 e. The Kier molecular flexibility index (Phi) is 3.33. The van der Waals surface area contributed by atoms with E-state index in [0.717, 1.165) is 12.1 Å². The molecule has 1 aromatic carbocycles. The van der Waals surface area contributed by atoms with Crippen molar-refractivity contribution in [3.8, 4) is 11.3 Å². The summed E-state index contributed by atoms with van der Waals surface area (Å²) in [6, 6.07) is 6.16. The van der Waals surface area contributed by atoms with Crippen molar-refractivity contribution in [3.63, 3.8) is 0 Å². The summed E-state index contributed by atoms with van der Waals surface area (Å²) in [6.45, 7) is 0. The first kappa shape index (κ1) is 12.8. The van der Waals surface area contributed by atoms with Gasteiger partial charge in [-0.05, 0) is 30.3 Å². The first-order valence-electron chi connectivity index (χ1n) is 5.23. The number of carbonyl (C=O) groups is 2. The number of rotatable bonds is 3. The van der Waals surface area contributed by atoms with Crippen LogP contribution in [0.25, 0.3) is 11.3 Å². The summed E-state index contributed by atoms with van der Waals surface area (Å²) in [5.74, 6) is -2.67. The summed E-state index contributed by atoms with van der Waals surface area (Å²) in [5.41, 5.74) is 0.277. The summed E-state index contributed by atoms with van der Waals surface area (Å²) < 4.78 is 22.9. The van der Waals surface area contributed by atoms with Crippen molar-refractivity contribution in [2.45, 2.75) is 0 Å². The van der Waals surface area contributed by atoms with Crippen LogP contribution >= 0.6 is 0 Å². The van der Waals surface area contributed by atoms with Crippen LogP contribution in [0.3, 0.4) is 0 Å². The molecule has 0 atom stereocenters. The predicted molar refractivity (Wildman–Crippen MR) is 62.4 cm³/mol. The second kappa shape index (κ2) is 4.93. The van der Waals surface area contributed by atoms with E-state index >= 15 is 0 Å². The van der Waals surface area contributed by atoms with Crippen molar-refractivity contribution in [1.29, 1.82) is 0 Å². The normalized spacial score (nSPS) is 10.2. The van der Waals surface area contributed by atoms with Crippen molar-refractivity contribution in [1.82, 2.24) is 0 Å². The van der Waals surface area contributed by atoms with Crippen molar-refractivity contribution in [2.24, 2.45) is 0 Å². The Bertz CT molecular complexity index is 644. The van der Waals surface area contributed by atoms with Crippen LogP contribution < -0.4 is 0 Å². The molecule has 0 aliphatic heterocycles. The first-order chi connectivity index (χ1) is 9.01. The van der Waals surface area contributed by atoms with Gasteiger partial charge < -0.3 is 14.3 Å². The molecule has 19 heavy (non-hydrogen) atoms. The van der Waals surface area contributed by atoms with E-state index in [1.54, 1.807) is 0 Å². The van der Waals surface area contributed by atoms with E-state index in [2.05, 4.69) is 4.74 Å². The van der Waals surface area contributed by atoms with Gasteiger partial charge in [0.05, 0.1) is 12.7 Å². The molecule has 0 fully saturated rings. The number of carboxylic acid groups (broad SMARTS) is 1. The third-order valence-electron chi connectivity index (χ3n) is 2.42. The molecule has 2 aromatic rings. The van der Waals surface area contributed by atoms with Gasteiger partial charge in [-0.2, -0.15) is 0 Å². The van der Waals surface area contributed by atoms with E-state index < -0.39 is 17.8 Å². The Morgan fingerprint density at radius 2 is 2.00 bits per heavy atom. The largest absolute Gasteiger partial charge is 0.475 e. The highest BCUT2D eigenvalue weighted by atomic mass is 19.1. The van der Waals surface area contributed by atoms with Gasteiger partial charge in [0.25, 0.3) is 0 Å². The lowest BCUT2D eigenvalue weighted by Gasteiger charge is -2.02. The summed E-state index contributed by atoms with van der Waals surface area (Å²) in [7, 11) is 1.18. The average molecular weight is 264 g/mol. The average Bonchev–Trinajstić information content (AvgIpc) is 2.86. The lowest BCUT2D eigenvalue weighted by Crippen LogP contribution is -2.01. The fraction of sp³-hybridized carbons (Fsp3) is 0.0769. The highest BCUT2D eigenvalue weighted by Crippen LogP contribution is 2.24. The number of hydrogen-bond donors (Lipinski definition) is 1. The number of aromatic carboxylic acids is 1. The zero-order chi connectivity index (χ0) is 14.0. The van der Waals surface area contributed by atoms with Crippen molar-refractivity contribution < 1.29 is 28.2 Å². The van der Waals surface area contributed by atoms with Crippen molar-refractivity contribution in [2.75, 3.05) is 7.11 Å². The third kappa shape index (κ3) is 2.62. The smallest absolute Gasteiger partial charge is 0.371 e. The Hall–Kier alpha value is -2.63. The first-order valence-corrected chi connectivity index (χ1v) is 5.23. The molecule has 6 heteroatoms. The van der Waals surface area contributed by atoms with E-state index in [0.29, 0.717) is 0 Å². The van der Waals surface area contributed by atoms with E-state index in [1.165, 1.54) is 25.3 Å². The number of esters is 1. The SMILES string of the molecule is COC(=O)c1cc(F)cc(-c2ccc(C(=O)O)o2)c1. The number of carbonyl (C=O) groups excluding carboxylic acids is 1. The lowest BCUT2D eigenvalue weighted by atomic mass is 10.1. The summed E-state index contributed by atoms with van der Waals surface area (Å²) in [4.78, 5) is 22.0. The zero-order valence-corrected chi connectivity index (χ0v) is 9.84. The molecule has 1 heterocycles. The molecule has 0 bridgehead atoms. The van der Waals surface area contributed by atoms with Crippen LogP contribution in [0.1, 0.15) is 20.9 Å². The predicted octanol–water partition coefficient (Wildman–Crippen LogP) is 2.57. The number of halogens is 1. The van der Waals surface area contributed by atoms with Gasteiger partial charge in [0.1, 0.15) is 11.6 Å². The molecule has 0 saturated heterocycles. The summed E-state index contributed by atoms with van der Waals surface area (Å²) in [6.07, 6.45) is 0. The molecule has 2 rings (SSSR count). The van der Waals surface area contributed by atoms with Crippen LogP contribution in [-0.2, 0) is 4.74 Å². The monoisotopic (exact) mass is 264 g/mol. The van der Waals surface area contributed by atoms with E-state index in [-0.39, 0.29) is 22.6 Å². The number of benzene rings is 1. The highest BCUT2D eigenvalue weighted by Gasteiger charge is 2.14. The summed E-state index contributed by atoms with van der Waals surface area (Å²) in [5, 5.41) is 8.74. The number of methoxy groups -OCH3 is 1. The van der Waals surface area contributed by atoms with Gasteiger partial charge in [-0.1, -0.05) is 0 Å². The van der Waals surface area contributed by atoms with E-state index in [9.17, 15) is 14.0 Å². The molecular formula is C13H9FO5. The molecule has 0 amide bonds. The second-order valence-electron chi connectivity index (χ2n) is 3.69. The minimum absolute atomic E-state index is 0.0192. The summed E-state index contributed by atoms with van der Waals surface area (Å²) >= 11 is 0. The van der Waals surface area contributed by atoms with Crippen molar-refractivity contribution in [3.05, 3.63) is 47.5 Å². The molecule has 5 nitrogen and oxygen atoms in total. The Morgan fingerprint density at radius 1 is 1.26 bits per heavy atom.